The van der Waals surface area contributed by atoms with Crippen LogP contribution in [-0.2, 0) is 20.6 Å². The molecule has 2 bridgehead atoms. The summed E-state index contributed by atoms with van der Waals surface area (Å²) in [6.45, 7) is 0. The molecule has 0 radical (unpaired) electrons. The van der Waals surface area contributed by atoms with Gasteiger partial charge in [-0.3, -0.25) is 19.3 Å². The number of alkyl halides is 3. The number of halogens is 3. The number of anilines is 1. The molecule has 0 unspecified atom stereocenters. The van der Waals surface area contributed by atoms with Gasteiger partial charge < -0.3 is 0 Å². The molecule has 1 heterocycles. The van der Waals surface area contributed by atoms with Gasteiger partial charge in [0.2, 0.25) is 11.8 Å². The van der Waals surface area contributed by atoms with Crippen molar-refractivity contribution < 1.29 is 27.6 Å². The van der Waals surface area contributed by atoms with E-state index < -0.39 is 46.9 Å². The fourth-order valence-electron chi connectivity index (χ4n) is 4.64. The standard InChI is InChI=1S/C18H13F3N2O3/c19-18(20,21)12-6-10(3-1-9(12)7-22)23-16(25)14-8-2-4-11(13(24)5-8)15(14)17(23)26/h1,3,6,8,11,14-15H,2,4-5H2/t8-,11+,14+,15-/m0/s1. The Kier molecular flexibility index (Phi) is 3.48. The molecule has 1 saturated heterocycles. The maximum Gasteiger partial charge on any atom is 0.417 e. The highest BCUT2D eigenvalue weighted by Crippen LogP contribution is 2.52. The number of carbonyl (C=O) groups excluding carboxylic acids is 3. The summed E-state index contributed by atoms with van der Waals surface area (Å²) in [6.07, 6.45) is -3.32. The Morgan fingerprint density at radius 3 is 2.38 bits per heavy atom. The number of benzene rings is 1. The van der Waals surface area contributed by atoms with Gasteiger partial charge in [0.05, 0.1) is 34.7 Å². The Labute approximate surface area is 146 Å². The SMILES string of the molecule is N#Cc1ccc(N2C(=O)[C@@H]3[C@H]4CC[C@H](C(=O)C4)[C@@H]3C2=O)cc1C(F)(F)F. The summed E-state index contributed by atoms with van der Waals surface area (Å²) in [7, 11) is 0. The van der Waals surface area contributed by atoms with E-state index in [1.807, 2.05) is 0 Å². The van der Waals surface area contributed by atoms with Crippen LogP contribution in [-0.4, -0.2) is 17.6 Å². The van der Waals surface area contributed by atoms with Crippen LogP contribution in [0.2, 0.25) is 0 Å². The summed E-state index contributed by atoms with van der Waals surface area (Å²) in [5.74, 6) is -3.34. The normalized spacial score (nSPS) is 30.5. The van der Waals surface area contributed by atoms with E-state index >= 15 is 0 Å². The summed E-state index contributed by atoms with van der Waals surface area (Å²) in [4.78, 5) is 38.5. The maximum atomic E-state index is 13.2. The van der Waals surface area contributed by atoms with Gasteiger partial charge in [0.15, 0.2) is 0 Å². The van der Waals surface area contributed by atoms with E-state index in [9.17, 15) is 27.6 Å². The molecule has 3 saturated carbocycles. The number of nitriles is 1. The highest BCUT2D eigenvalue weighted by atomic mass is 19.4. The predicted molar refractivity (Wildman–Crippen MR) is 81.5 cm³/mol. The van der Waals surface area contributed by atoms with Gasteiger partial charge in [0.25, 0.3) is 0 Å². The quantitative estimate of drug-likeness (QED) is 0.720. The third kappa shape index (κ3) is 2.19. The molecule has 26 heavy (non-hydrogen) atoms. The molecule has 2 amide bonds. The number of fused-ring (bicyclic) bond motifs is 2. The molecule has 1 aromatic rings. The summed E-state index contributed by atoms with van der Waals surface area (Å²) in [5.41, 5.74) is -1.97. The van der Waals surface area contributed by atoms with E-state index in [0.717, 1.165) is 11.0 Å². The number of amides is 2. The number of carbonyl (C=O) groups is 3. The minimum absolute atomic E-state index is 0.0405. The van der Waals surface area contributed by atoms with Crippen molar-refractivity contribution in [2.45, 2.75) is 25.4 Å². The van der Waals surface area contributed by atoms with Gasteiger partial charge >= 0.3 is 6.18 Å². The molecule has 0 N–H and O–H groups in total. The van der Waals surface area contributed by atoms with Gasteiger partial charge in [-0.15, -0.1) is 0 Å². The average Bonchev–Trinajstić information content (AvgIpc) is 2.87. The van der Waals surface area contributed by atoms with Crippen molar-refractivity contribution in [3.05, 3.63) is 29.3 Å². The molecule has 4 fully saturated rings. The average molecular weight is 362 g/mol. The Hall–Kier alpha value is -2.69. The van der Waals surface area contributed by atoms with Crippen LogP contribution in [0, 0.1) is 35.0 Å². The Bertz CT molecular complexity index is 887. The summed E-state index contributed by atoms with van der Waals surface area (Å²) >= 11 is 0. The first-order valence-electron chi connectivity index (χ1n) is 8.26. The number of rotatable bonds is 1. The first-order chi connectivity index (χ1) is 12.2. The molecular formula is C18H13F3N2O3. The van der Waals surface area contributed by atoms with E-state index in [1.165, 1.54) is 12.1 Å². The largest absolute Gasteiger partial charge is 0.417 e. The lowest BCUT2D eigenvalue weighted by molar-refractivity contribution is -0.143. The minimum atomic E-state index is -4.78. The highest BCUT2D eigenvalue weighted by Gasteiger charge is 2.61. The molecule has 1 aliphatic heterocycles. The molecular weight excluding hydrogens is 349 g/mol. The number of hydrogen-bond donors (Lipinski definition) is 0. The third-order valence-corrected chi connectivity index (χ3v) is 5.75. The smallest absolute Gasteiger partial charge is 0.299 e. The monoisotopic (exact) mass is 362 g/mol. The van der Waals surface area contributed by atoms with Crippen LogP contribution in [0.25, 0.3) is 0 Å². The topological polar surface area (TPSA) is 78.2 Å². The summed E-state index contributed by atoms with van der Waals surface area (Å²) in [5, 5.41) is 8.88. The van der Waals surface area contributed by atoms with Gasteiger partial charge in [-0.25, -0.2) is 0 Å². The molecule has 5 nitrogen and oxygen atoms in total. The fraction of sp³-hybridized carbons (Fsp3) is 0.444. The molecule has 0 spiro atoms. The zero-order valence-electron chi connectivity index (χ0n) is 13.4. The van der Waals surface area contributed by atoms with E-state index in [-0.39, 0.29) is 23.8 Å². The first kappa shape index (κ1) is 16.8. The zero-order valence-corrected chi connectivity index (χ0v) is 13.4. The van der Waals surface area contributed by atoms with E-state index in [0.29, 0.717) is 18.9 Å². The van der Waals surface area contributed by atoms with Crippen molar-refractivity contribution >= 4 is 23.3 Å². The number of ketones is 1. The van der Waals surface area contributed by atoms with Gasteiger partial charge in [0, 0.05) is 12.3 Å². The zero-order chi connectivity index (χ0) is 18.8. The van der Waals surface area contributed by atoms with Crippen molar-refractivity contribution in [3.8, 4) is 6.07 Å². The van der Waals surface area contributed by atoms with Crippen LogP contribution in [0.15, 0.2) is 18.2 Å². The Morgan fingerprint density at radius 2 is 1.77 bits per heavy atom. The minimum Gasteiger partial charge on any atom is -0.299 e. The van der Waals surface area contributed by atoms with Gasteiger partial charge in [-0.05, 0) is 37.0 Å². The van der Waals surface area contributed by atoms with Crippen LogP contribution in [0.5, 0.6) is 0 Å². The van der Waals surface area contributed by atoms with Crippen molar-refractivity contribution in [3.63, 3.8) is 0 Å². The lowest BCUT2D eigenvalue weighted by Crippen LogP contribution is -2.46. The van der Waals surface area contributed by atoms with E-state index in [1.54, 1.807) is 0 Å². The van der Waals surface area contributed by atoms with Crippen LogP contribution in [0.1, 0.15) is 30.4 Å². The summed E-state index contributed by atoms with van der Waals surface area (Å²) < 4.78 is 39.6. The first-order valence-corrected chi connectivity index (χ1v) is 8.26. The molecule has 4 atom stereocenters. The lowest BCUT2D eigenvalue weighted by Gasteiger charge is -2.41. The van der Waals surface area contributed by atoms with Crippen LogP contribution in [0.3, 0.4) is 0 Å². The third-order valence-electron chi connectivity index (χ3n) is 5.75. The van der Waals surface area contributed by atoms with E-state index in [2.05, 4.69) is 0 Å². The second-order valence-corrected chi connectivity index (χ2v) is 7.02. The Balaban J connectivity index is 1.78. The number of imide groups is 1. The highest BCUT2D eigenvalue weighted by molar-refractivity contribution is 6.23. The second-order valence-electron chi connectivity index (χ2n) is 7.02. The maximum absolute atomic E-state index is 13.2. The van der Waals surface area contributed by atoms with Gasteiger partial charge in [0.1, 0.15) is 5.78 Å². The molecule has 8 heteroatoms. The molecule has 1 aromatic carbocycles. The number of nitrogens with zero attached hydrogens (tertiary/aromatic N) is 2. The predicted octanol–water partition coefficient (Wildman–Crippen LogP) is 2.68. The summed E-state index contributed by atoms with van der Waals surface area (Å²) in [6, 6.07) is 4.26. The van der Waals surface area contributed by atoms with Crippen molar-refractivity contribution in [1.82, 2.24) is 0 Å². The van der Waals surface area contributed by atoms with E-state index in [4.69, 9.17) is 5.26 Å². The molecule has 134 valence electrons. The lowest BCUT2D eigenvalue weighted by atomic mass is 9.59. The molecule has 3 aliphatic carbocycles. The van der Waals surface area contributed by atoms with Crippen LogP contribution >= 0.6 is 0 Å². The second kappa shape index (κ2) is 5.40. The molecule has 4 aliphatic rings. The van der Waals surface area contributed by atoms with Crippen molar-refractivity contribution in [2.75, 3.05) is 4.90 Å². The van der Waals surface area contributed by atoms with Crippen LogP contribution in [0.4, 0.5) is 18.9 Å². The van der Waals surface area contributed by atoms with Gasteiger partial charge in [-0.2, -0.15) is 18.4 Å². The van der Waals surface area contributed by atoms with Crippen molar-refractivity contribution in [2.24, 2.45) is 23.7 Å². The number of hydrogen-bond acceptors (Lipinski definition) is 4. The van der Waals surface area contributed by atoms with Gasteiger partial charge in [-0.1, -0.05) is 0 Å². The molecule has 0 aromatic heterocycles. The fourth-order valence-corrected chi connectivity index (χ4v) is 4.64. The van der Waals surface area contributed by atoms with Crippen molar-refractivity contribution in [1.29, 1.82) is 5.26 Å². The Morgan fingerprint density at radius 1 is 1.08 bits per heavy atom. The number of Topliss-reactive ketones (excluding diaryl/α,β-unsaturated/α-hetero) is 1. The molecule has 5 rings (SSSR count). The van der Waals surface area contributed by atoms with Crippen LogP contribution < -0.4 is 4.90 Å².